The van der Waals surface area contributed by atoms with Crippen LogP contribution in [-0.4, -0.2) is 54.4 Å². The zero-order valence-electron chi connectivity index (χ0n) is 15.3. The summed E-state index contributed by atoms with van der Waals surface area (Å²) in [6.07, 6.45) is 3.88. The molecule has 138 valence electrons. The van der Waals surface area contributed by atoms with Crippen LogP contribution in [0.25, 0.3) is 0 Å². The van der Waals surface area contributed by atoms with Gasteiger partial charge < -0.3 is 19.5 Å². The monoisotopic (exact) mass is 347 g/mol. The number of carbonyl (C=O) groups is 1. The Bertz CT molecular complexity index is 610. The molecule has 4 rings (SSSR count). The Kier molecular flexibility index (Phi) is 5.64. The Balaban J connectivity index is 1.72. The molecule has 3 heterocycles. The second kappa shape index (κ2) is 7.75. The molecule has 25 heavy (non-hydrogen) atoms. The molecule has 0 amide bonds. The van der Waals surface area contributed by atoms with E-state index >= 15 is 0 Å². The highest BCUT2D eigenvalue weighted by Gasteiger charge is 2.46. The molecule has 2 bridgehead atoms. The van der Waals surface area contributed by atoms with Crippen molar-refractivity contribution in [3.8, 4) is 5.75 Å². The number of nitrogens with zero attached hydrogens (tertiary/aromatic N) is 1. The minimum Gasteiger partial charge on any atom is -0.490 e. The van der Waals surface area contributed by atoms with E-state index in [1.807, 2.05) is 12.1 Å². The van der Waals surface area contributed by atoms with Gasteiger partial charge in [0.2, 0.25) is 0 Å². The van der Waals surface area contributed by atoms with Gasteiger partial charge in [-0.25, -0.2) is 4.79 Å². The summed E-state index contributed by atoms with van der Waals surface area (Å²) in [7, 11) is 0. The Hall–Kier alpha value is -1.59. The summed E-state index contributed by atoms with van der Waals surface area (Å²) in [6.45, 7) is 7.44. The number of carbonyl (C=O) groups excluding carboxylic acids is 1. The second-order valence-electron chi connectivity index (χ2n) is 7.24. The lowest BCUT2D eigenvalue weighted by Crippen LogP contribution is -2.61. The SMILES string of the molecule is CCCc1cc(C(=O)OCC)ccc1OCC1(O)CN2CCC1CC2. The molecule has 0 spiro atoms. The van der Waals surface area contributed by atoms with Gasteiger partial charge in [-0.05, 0) is 69.0 Å². The molecule has 0 aliphatic carbocycles. The molecular weight excluding hydrogens is 318 g/mol. The van der Waals surface area contributed by atoms with Gasteiger partial charge in [0.25, 0.3) is 0 Å². The lowest BCUT2D eigenvalue weighted by Gasteiger charge is -2.50. The van der Waals surface area contributed by atoms with Gasteiger partial charge in [0.1, 0.15) is 18.0 Å². The van der Waals surface area contributed by atoms with Crippen molar-refractivity contribution in [3.05, 3.63) is 29.3 Å². The normalized spacial score (nSPS) is 28.0. The van der Waals surface area contributed by atoms with Crippen molar-refractivity contribution >= 4 is 5.97 Å². The van der Waals surface area contributed by atoms with E-state index in [0.717, 1.165) is 50.1 Å². The van der Waals surface area contributed by atoms with E-state index in [4.69, 9.17) is 9.47 Å². The largest absolute Gasteiger partial charge is 0.490 e. The summed E-state index contributed by atoms with van der Waals surface area (Å²) in [5, 5.41) is 11.0. The molecule has 1 aromatic carbocycles. The van der Waals surface area contributed by atoms with Crippen LogP contribution in [0.1, 0.15) is 49.0 Å². The average Bonchev–Trinajstić information content (AvgIpc) is 2.62. The van der Waals surface area contributed by atoms with Gasteiger partial charge in [-0.15, -0.1) is 0 Å². The van der Waals surface area contributed by atoms with E-state index in [1.54, 1.807) is 13.0 Å². The summed E-state index contributed by atoms with van der Waals surface area (Å²) in [5.41, 5.74) is 0.789. The third-order valence-electron chi connectivity index (χ3n) is 5.41. The van der Waals surface area contributed by atoms with Gasteiger partial charge in [-0.1, -0.05) is 13.3 Å². The number of hydrogen-bond acceptors (Lipinski definition) is 5. The van der Waals surface area contributed by atoms with Crippen LogP contribution in [0.15, 0.2) is 18.2 Å². The van der Waals surface area contributed by atoms with Gasteiger partial charge in [-0.2, -0.15) is 0 Å². The Morgan fingerprint density at radius 2 is 2.08 bits per heavy atom. The van der Waals surface area contributed by atoms with Gasteiger partial charge in [0.15, 0.2) is 0 Å². The molecule has 3 aliphatic heterocycles. The number of benzene rings is 1. The molecule has 3 fully saturated rings. The predicted molar refractivity (Wildman–Crippen MR) is 96.0 cm³/mol. The molecule has 1 unspecified atom stereocenters. The van der Waals surface area contributed by atoms with Crippen molar-refractivity contribution in [2.24, 2.45) is 5.92 Å². The molecule has 0 radical (unpaired) electrons. The van der Waals surface area contributed by atoms with Gasteiger partial charge >= 0.3 is 5.97 Å². The first-order chi connectivity index (χ1) is 12.1. The fraction of sp³-hybridized carbons (Fsp3) is 0.650. The number of hydrogen-bond donors (Lipinski definition) is 1. The smallest absolute Gasteiger partial charge is 0.338 e. The van der Waals surface area contributed by atoms with Crippen molar-refractivity contribution in [3.63, 3.8) is 0 Å². The van der Waals surface area contributed by atoms with Crippen LogP contribution >= 0.6 is 0 Å². The van der Waals surface area contributed by atoms with Crippen molar-refractivity contribution in [2.45, 2.75) is 45.1 Å². The van der Waals surface area contributed by atoms with Gasteiger partial charge in [-0.3, -0.25) is 0 Å². The fourth-order valence-electron chi connectivity index (χ4n) is 4.04. The van der Waals surface area contributed by atoms with E-state index in [-0.39, 0.29) is 5.97 Å². The molecule has 1 N–H and O–H groups in total. The highest BCUT2D eigenvalue weighted by atomic mass is 16.5. The topological polar surface area (TPSA) is 59.0 Å². The Morgan fingerprint density at radius 3 is 2.68 bits per heavy atom. The zero-order valence-corrected chi connectivity index (χ0v) is 15.3. The van der Waals surface area contributed by atoms with Gasteiger partial charge in [0.05, 0.1) is 12.2 Å². The Labute approximate surface area is 149 Å². The summed E-state index contributed by atoms with van der Waals surface area (Å²) < 4.78 is 11.1. The van der Waals surface area contributed by atoms with E-state index in [2.05, 4.69) is 11.8 Å². The lowest BCUT2D eigenvalue weighted by atomic mass is 9.76. The zero-order chi connectivity index (χ0) is 17.9. The summed E-state index contributed by atoms with van der Waals surface area (Å²) in [6, 6.07) is 5.44. The maximum atomic E-state index is 11.9. The quantitative estimate of drug-likeness (QED) is 0.769. The van der Waals surface area contributed by atoms with Gasteiger partial charge in [0, 0.05) is 6.54 Å². The van der Waals surface area contributed by atoms with E-state index in [1.165, 1.54) is 0 Å². The molecular formula is C20H29NO4. The standard InChI is InChI=1S/C20H29NO4/c1-3-5-15-12-16(19(22)24-4-2)6-7-18(15)25-14-20(23)13-21-10-8-17(20)9-11-21/h6-7,12,17,23H,3-5,8-11,13-14H2,1-2H3. The van der Waals surface area contributed by atoms with E-state index in [9.17, 15) is 9.90 Å². The third kappa shape index (κ3) is 3.98. The molecule has 0 aromatic heterocycles. The first kappa shape index (κ1) is 18.2. The van der Waals surface area contributed by atoms with Crippen LogP contribution in [0.5, 0.6) is 5.75 Å². The van der Waals surface area contributed by atoms with Crippen LogP contribution in [0.2, 0.25) is 0 Å². The summed E-state index contributed by atoms with van der Waals surface area (Å²) >= 11 is 0. The van der Waals surface area contributed by atoms with Crippen molar-refractivity contribution in [2.75, 3.05) is 32.8 Å². The van der Waals surface area contributed by atoms with Crippen molar-refractivity contribution in [1.29, 1.82) is 0 Å². The van der Waals surface area contributed by atoms with Crippen LogP contribution in [0.3, 0.4) is 0 Å². The number of aryl methyl sites for hydroxylation is 1. The minimum atomic E-state index is -0.764. The Morgan fingerprint density at radius 1 is 1.32 bits per heavy atom. The lowest BCUT2D eigenvalue weighted by molar-refractivity contribution is -0.131. The second-order valence-corrected chi connectivity index (χ2v) is 7.24. The molecule has 1 atom stereocenters. The van der Waals surface area contributed by atoms with Crippen LogP contribution in [0.4, 0.5) is 0 Å². The fourth-order valence-corrected chi connectivity index (χ4v) is 4.04. The molecule has 5 nitrogen and oxygen atoms in total. The minimum absolute atomic E-state index is 0.303. The number of piperidine rings is 3. The van der Waals surface area contributed by atoms with Crippen LogP contribution in [0, 0.1) is 5.92 Å². The number of aliphatic hydroxyl groups is 1. The maximum Gasteiger partial charge on any atom is 0.338 e. The number of ether oxygens (including phenoxy) is 2. The summed E-state index contributed by atoms with van der Waals surface area (Å²) in [4.78, 5) is 14.3. The molecule has 3 aliphatic rings. The number of fused-ring (bicyclic) bond motifs is 3. The summed E-state index contributed by atoms with van der Waals surface area (Å²) in [5.74, 6) is 0.785. The average molecular weight is 347 g/mol. The van der Waals surface area contributed by atoms with Crippen molar-refractivity contribution < 1.29 is 19.4 Å². The highest BCUT2D eigenvalue weighted by molar-refractivity contribution is 5.89. The molecule has 3 saturated heterocycles. The van der Waals surface area contributed by atoms with E-state index < -0.39 is 5.60 Å². The predicted octanol–water partition coefficient (Wildman–Crippen LogP) is 2.65. The third-order valence-corrected chi connectivity index (χ3v) is 5.41. The highest BCUT2D eigenvalue weighted by Crippen LogP contribution is 2.36. The van der Waals surface area contributed by atoms with E-state index in [0.29, 0.717) is 31.2 Å². The first-order valence-electron chi connectivity index (χ1n) is 9.43. The molecule has 5 heteroatoms. The number of rotatable bonds is 7. The van der Waals surface area contributed by atoms with Crippen LogP contribution < -0.4 is 4.74 Å². The molecule has 1 aromatic rings. The number of esters is 1. The van der Waals surface area contributed by atoms with Crippen LogP contribution in [-0.2, 0) is 11.2 Å². The maximum absolute atomic E-state index is 11.9. The first-order valence-corrected chi connectivity index (χ1v) is 9.43. The van der Waals surface area contributed by atoms with Crippen molar-refractivity contribution in [1.82, 2.24) is 4.90 Å². The molecule has 0 saturated carbocycles.